The Hall–Kier alpha value is -3.91. The van der Waals surface area contributed by atoms with E-state index in [-0.39, 0.29) is 18.4 Å². The topological polar surface area (TPSA) is 76.5 Å². The van der Waals surface area contributed by atoms with E-state index >= 15 is 0 Å². The number of rotatable bonds is 6. The van der Waals surface area contributed by atoms with Crippen molar-refractivity contribution in [2.24, 2.45) is 0 Å². The monoisotopic (exact) mass is 486 g/mol. The third-order valence-electron chi connectivity index (χ3n) is 6.26. The molecule has 1 aliphatic rings. The first-order chi connectivity index (χ1) is 16.9. The van der Waals surface area contributed by atoms with Crippen molar-refractivity contribution in [3.63, 3.8) is 0 Å². The van der Waals surface area contributed by atoms with E-state index in [0.29, 0.717) is 23.7 Å². The van der Waals surface area contributed by atoms with Crippen LogP contribution >= 0.6 is 11.3 Å². The molecule has 2 aromatic carbocycles. The largest absolute Gasteiger partial charge is 0.497 e. The molecule has 1 aliphatic heterocycles. The van der Waals surface area contributed by atoms with Gasteiger partial charge in [0.25, 0.3) is 5.91 Å². The minimum absolute atomic E-state index is 0.219. The summed E-state index contributed by atoms with van der Waals surface area (Å²) in [7, 11) is 1.58. The average Bonchev–Trinajstić information content (AvgIpc) is 3.53. The molecule has 5 rings (SSSR count). The number of aromatic nitrogens is 2. The SMILES string of the molecule is COc1cccc(N2C(=O)c3cc(-c4cccs4)nn3CC2(C)C(=O)NCc2cccc(C)c2)c1. The summed E-state index contributed by atoms with van der Waals surface area (Å²) < 4.78 is 7.05. The molecule has 0 radical (unpaired) electrons. The first-order valence-electron chi connectivity index (χ1n) is 11.3. The second kappa shape index (κ2) is 9.03. The molecule has 2 amide bonds. The van der Waals surface area contributed by atoms with Gasteiger partial charge in [0, 0.05) is 18.3 Å². The Morgan fingerprint density at radius 1 is 1.14 bits per heavy atom. The number of nitrogens with zero attached hydrogens (tertiary/aromatic N) is 3. The number of ether oxygens (including phenoxy) is 1. The Labute approximate surface area is 208 Å². The number of carbonyl (C=O) groups is 2. The molecule has 3 heterocycles. The number of amides is 2. The Morgan fingerprint density at radius 2 is 1.97 bits per heavy atom. The lowest BCUT2D eigenvalue weighted by molar-refractivity contribution is -0.126. The highest BCUT2D eigenvalue weighted by atomic mass is 32.1. The number of hydrogen-bond donors (Lipinski definition) is 1. The van der Waals surface area contributed by atoms with Crippen LogP contribution in [0.25, 0.3) is 10.6 Å². The van der Waals surface area contributed by atoms with Gasteiger partial charge in [0.15, 0.2) is 0 Å². The summed E-state index contributed by atoms with van der Waals surface area (Å²) in [6.45, 7) is 4.38. The highest BCUT2D eigenvalue weighted by molar-refractivity contribution is 7.13. The van der Waals surface area contributed by atoms with Gasteiger partial charge in [-0.3, -0.25) is 19.2 Å². The molecule has 1 N–H and O–H groups in total. The zero-order chi connectivity index (χ0) is 24.6. The summed E-state index contributed by atoms with van der Waals surface area (Å²) in [6, 6.07) is 20.9. The van der Waals surface area contributed by atoms with E-state index < -0.39 is 5.54 Å². The molecule has 0 saturated heterocycles. The highest BCUT2D eigenvalue weighted by Crippen LogP contribution is 2.36. The van der Waals surface area contributed by atoms with Crippen molar-refractivity contribution in [1.82, 2.24) is 15.1 Å². The van der Waals surface area contributed by atoms with Gasteiger partial charge < -0.3 is 10.1 Å². The molecule has 178 valence electrons. The van der Waals surface area contributed by atoms with Crippen molar-refractivity contribution < 1.29 is 14.3 Å². The Kier molecular flexibility index (Phi) is 5.90. The van der Waals surface area contributed by atoms with E-state index in [1.54, 1.807) is 47.1 Å². The maximum absolute atomic E-state index is 13.9. The van der Waals surface area contributed by atoms with Gasteiger partial charge in [0.2, 0.25) is 5.91 Å². The summed E-state index contributed by atoms with van der Waals surface area (Å²) in [5.74, 6) is 0.0678. The number of thiophene rings is 1. The fourth-order valence-electron chi connectivity index (χ4n) is 4.48. The van der Waals surface area contributed by atoms with Gasteiger partial charge in [0.1, 0.15) is 22.7 Å². The molecule has 4 aromatic rings. The molecule has 0 saturated carbocycles. The molecule has 1 atom stereocenters. The number of nitrogens with one attached hydrogen (secondary N) is 1. The number of anilines is 1. The first-order valence-corrected chi connectivity index (χ1v) is 12.2. The lowest BCUT2D eigenvalue weighted by Gasteiger charge is -2.43. The molecule has 0 aliphatic carbocycles. The van der Waals surface area contributed by atoms with Gasteiger partial charge in [-0.15, -0.1) is 11.3 Å². The number of methoxy groups -OCH3 is 1. The molecular formula is C27H26N4O3S. The minimum atomic E-state index is -1.21. The Morgan fingerprint density at radius 3 is 2.71 bits per heavy atom. The van der Waals surface area contributed by atoms with Crippen LogP contribution < -0.4 is 15.0 Å². The standard InChI is InChI=1S/C27H26N4O3S/c1-18-7-4-8-19(13-18)16-28-26(33)27(2)17-30-23(15-22(29-30)24-11-6-12-35-24)25(32)31(27)20-9-5-10-21(14-20)34-3/h4-15H,16-17H2,1-3H3,(H,28,33). The van der Waals surface area contributed by atoms with Gasteiger partial charge in [0.05, 0.1) is 18.5 Å². The lowest BCUT2D eigenvalue weighted by Crippen LogP contribution is -2.64. The predicted octanol–water partition coefficient (Wildman–Crippen LogP) is 4.66. The van der Waals surface area contributed by atoms with Crippen LogP contribution in [0.4, 0.5) is 5.69 Å². The summed E-state index contributed by atoms with van der Waals surface area (Å²) in [5, 5.41) is 9.71. The fourth-order valence-corrected chi connectivity index (χ4v) is 5.16. The number of carbonyl (C=O) groups excluding carboxylic acids is 2. The van der Waals surface area contributed by atoms with Crippen molar-refractivity contribution in [1.29, 1.82) is 0 Å². The van der Waals surface area contributed by atoms with E-state index in [2.05, 4.69) is 10.4 Å². The number of aryl methyl sites for hydroxylation is 1. The number of fused-ring (bicyclic) bond motifs is 1. The van der Waals surface area contributed by atoms with Crippen LogP contribution in [0, 0.1) is 6.92 Å². The molecule has 1 unspecified atom stereocenters. The lowest BCUT2D eigenvalue weighted by atomic mass is 9.93. The second-order valence-corrected chi connectivity index (χ2v) is 9.79. The molecule has 35 heavy (non-hydrogen) atoms. The van der Waals surface area contributed by atoms with E-state index in [9.17, 15) is 9.59 Å². The van der Waals surface area contributed by atoms with Crippen molar-refractivity contribution in [2.75, 3.05) is 12.0 Å². The Balaban J connectivity index is 1.54. The van der Waals surface area contributed by atoms with Crippen molar-refractivity contribution >= 4 is 28.8 Å². The van der Waals surface area contributed by atoms with Crippen LogP contribution in [-0.2, 0) is 17.9 Å². The quantitative estimate of drug-likeness (QED) is 0.430. The van der Waals surface area contributed by atoms with Crippen LogP contribution in [0.5, 0.6) is 5.75 Å². The molecule has 7 nitrogen and oxygen atoms in total. The summed E-state index contributed by atoms with van der Waals surface area (Å²) in [6.07, 6.45) is 0. The minimum Gasteiger partial charge on any atom is -0.497 e. The maximum atomic E-state index is 13.9. The Bertz CT molecular complexity index is 1400. The molecule has 0 spiro atoms. The third-order valence-corrected chi connectivity index (χ3v) is 7.16. The van der Waals surface area contributed by atoms with E-state index in [4.69, 9.17) is 4.74 Å². The zero-order valence-electron chi connectivity index (χ0n) is 19.8. The van der Waals surface area contributed by atoms with Gasteiger partial charge >= 0.3 is 0 Å². The average molecular weight is 487 g/mol. The normalized spacial score (nSPS) is 17.2. The fraction of sp³-hybridized carbons (Fsp3) is 0.222. The van der Waals surface area contributed by atoms with Crippen LogP contribution in [0.3, 0.4) is 0 Å². The number of benzene rings is 2. The van der Waals surface area contributed by atoms with Gasteiger partial charge in [-0.05, 0) is 49.1 Å². The van der Waals surface area contributed by atoms with E-state index in [1.807, 2.05) is 66.9 Å². The summed E-state index contributed by atoms with van der Waals surface area (Å²) >= 11 is 1.56. The van der Waals surface area contributed by atoms with Gasteiger partial charge in [-0.2, -0.15) is 5.10 Å². The van der Waals surface area contributed by atoms with Gasteiger partial charge in [-0.25, -0.2) is 0 Å². The highest BCUT2D eigenvalue weighted by Gasteiger charge is 2.49. The number of hydrogen-bond acceptors (Lipinski definition) is 5. The van der Waals surface area contributed by atoms with Crippen molar-refractivity contribution in [3.8, 4) is 16.3 Å². The molecule has 0 fully saturated rings. The smallest absolute Gasteiger partial charge is 0.277 e. The first kappa shape index (κ1) is 22.9. The van der Waals surface area contributed by atoms with E-state index in [0.717, 1.165) is 21.7 Å². The van der Waals surface area contributed by atoms with Crippen LogP contribution in [0.15, 0.2) is 72.1 Å². The zero-order valence-corrected chi connectivity index (χ0v) is 20.6. The summed E-state index contributed by atoms with van der Waals surface area (Å²) in [4.78, 5) is 30.2. The molecule has 2 aromatic heterocycles. The van der Waals surface area contributed by atoms with E-state index in [1.165, 1.54) is 0 Å². The molecular weight excluding hydrogens is 460 g/mol. The van der Waals surface area contributed by atoms with Crippen molar-refractivity contribution in [2.45, 2.75) is 32.5 Å². The second-order valence-electron chi connectivity index (χ2n) is 8.84. The molecule has 8 heteroatoms. The molecule has 0 bridgehead atoms. The van der Waals surface area contributed by atoms with Gasteiger partial charge in [-0.1, -0.05) is 42.0 Å². The van der Waals surface area contributed by atoms with Crippen molar-refractivity contribution in [3.05, 3.63) is 88.9 Å². The predicted molar refractivity (Wildman–Crippen MR) is 137 cm³/mol. The van der Waals surface area contributed by atoms with Crippen LogP contribution in [0.2, 0.25) is 0 Å². The van der Waals surface area contributed by atoms with Crippen LogP contribution in [0.1, 0.15) is 28.5 Å². The third kappa shape index (κ3) is 4.21. The van der Waals surface area contributed by atoms with Crippen LogP contribution in [-0.4, -0.2) is 34.2 Å². The maximum Gasteiger partial charge on any atom is 0.277 e. The summed E-state index contributed by atoms with van der Waals surface area (Å²) in [5.41, 5.74) is 2.66.